The number of hydrogen-bond acceptors (Lipinski definition) is 2. The molecule has 0 fully saturated rings. The first kappa shape index (κ1) is 16.4. The molecule has 0 aliphatic rings. The molecular weight excluding hydrogens is 495 g/mol. The maximum Gasteiger partial charge on any atom is 0.216 e. The van der Waals surface area contributed by atoms with Gasteiger partial charge in [0.05, 0.1) is 17.2 Å². The monoisotopic (exact) mass is 535 g/mol. The average Bonchev–Trinajstić information content (AvgIpc) is 3.41. The largest absolute Gasteiger partial charge is 0.454 e. The number of aromatic nitrogens is 1. The molecule has 0 spiro atoms. The molecule has 0 bridgehead atoms. The van der Waals surface area contributed by atoms with Gasteiger partial charge in [-0.3, -0.25) is 0 Å². The zero-order valence-corrected chi connectivity index (χ0v) is 21.8. The second kappa shape index (κ2) is 9.77. The molecule has 0 saturated carbocycles. The Balaban J connectivity index is 1.66. The Morgan fingerprint density at radius 1 is 0.900 bits per heavy atom. The SMILES string of the molecule is [2H]C([2H])([2H])c1cc(-c2c(C#N)ccc3c2oc2c(-c4cc(C([2H])(C([2H])([2H])[2H])C([2H])([2H])[2H])c(F)c[n+]4C)c(C)ccc23)ccc1-c1ccccc1. The van der Waals surface area contributed by atoms with Gasteiger partial charge in [-0.25, -0.2) is 4.39 Å². The maximum atomic E-state index is 15.5. The zero-order chi connectivity index (χ0) is 36.6. The third-order valence-corrected chi connectivity index (χ3v) is 7.28. The van der Waals surface area contributed by atoms with Crippen molar-refractivity contribution in [3.8, 4) is 39.6 Å². The topological polar surface area (TPSA) is 40.8 Å². The van der Waals surface area contributed by atoms with E-state index in [-0.39, 0.29) is 28.0 Å². The Morgan fingerprint density at radius 2 is 1.65 bits per heavy atom. The molecular formula is C36H30FN2O+. The number of nitriles is 1. The number of fused-ring (bicyclic) bond motifs is 3. The molecule has 0 saturated heterocycles. The highest BCUT2D eigenvalue weighted by Gasteiger charge is 2.25. The fourth-order valence-electron chi connectivity index (χ4n) is 5.33. The molecule has 0 atom stereocenters. The Bertz CT molecular complexity index is 2340. The highest BCUT2D eigenvalue weighted by molar-refractivity contribution is 6.14. The second-order valence-electron chi connectivity index (χ2n) is 9.75. The van der Waals surface area contributed by atoms with Crippen molar-refractivity contribution < 1.29 is 27.1 Å². The van der Waals surface area contributed by atoms with Gasteiger partial charge in [0.2, 0.25) is 11.9 Å². The number of aryl methyl sites for hydroxylation is 3. The summed E-state index contributed by atoms with van der Waals surface area (Å²) in [7, 11) is 1.50. The Hall–Kier alpha value is -4.75. The molecule has 0 unspecified atom stereocenters. The van der Waals surface area contributed by atoms with Crippen molar-refractivity contribution in [2.75, 3.05) is 0 Å². The van der Waals surface area contributed by atoms with Crippen LogP contribution >= 0.6 is 0 Å². The van der Waals surface area contributed by atoms with Crippen molar-refractivity contribution in [3.63, 3.8) is 0 Å². The first-order valence-electron chi connectivity index (χ1n) is 17.6. The summed E-state index contributed by atoms with van der Waals surface area (Å²) >= 11 is 0. The van der Waals surface area contributed by atoms with Crippen LogP contribution in [-0.2, 0) is 7.05 Å². The molecule has 4 heteroatoms. The van der Waals surface area contributed by atoms with E-state index >= 15 is 4.39 Å². The van der Waals surface area contributed by atoms with Crippen molar-refractivity contribution in [1.29, 1.82) is 5.26 Å². The molecule has 0 radical (unpaired) electrons. The molecule has 2 heterocycles. The second-order valence-corrected chi connectivity index (χ2v) is 9.75. The van der Waals surface area contributed by atoms with Gasteiger partial charge in [0, 0.05) is 41.7 Å². The van der Waals surface area contributed by atoms with E-state index in [9.17, 15) is 5.26 Å². The van der Waals surface area contributed by atoms with Crippen LogP contribution in [-0.4, -0.2) is 0 Å². The van der Waals surface area contributed by atoms with Gasteiger partial charge >= 0.3 is 0 Å². The summed E-state index contributed by atoms with van der Waals surface area (Å²) in [6, 6.07) is 24.2. The molecule has 6 rings (SSSR count). The van der Waals surface area contributed by atoms with Gasteiger partial charge < -0.3 is 4.42 Å². The summed E-state index contributed by atoms with van der Waals surface area (Å²) in [5, 5.41) is 11.4. The molecule has 0 aliphatic heterocycles. The van der Waals surface area contributed by atoms with Crippen LogP contribution in [0.25, 0.3) is 55.4 Å². The Morgan fingerprint density at radius 3 is 2.38 bits per heavy atom. The van der Waals surface area contributed by atoms with Gasteiger partial charge in [0.1, 0.15) is 18.2 Å². The van der Waals surface area contributed by atoms with Crippen LogP contribution in [0.2, 0.25) is 0 Å². The number of hydrogen-bond donors (Lipinski definition) is 0. The Kier molecular flexibility index (Phi) is 4.00. The van der Waals surface area contributed by atoms with Crippen LogP contribution in [0.1, 0.15) is 55.6 Å². The molecule has 40 heavy (non-hydrogen) atoms. The van der Waals surface area contributed by atoms with Crippen LogP contribution < -0.4 is 4.57 Å². The summed E-state index contributed by atoms with van der Waals surface area (Å²) in [4.78, 5) is 0. The van der Waals surface area contributed by atoms with Gasteiger partial charge in [-0.15, -0.1) is 0 Å². The standard InChI is InChI=1S/C36H30FN2O/c1-21(2)30-18-32(39(5)20-31(30)37)33-22(3)11-14-28-29-16-13-26(19-38)34(36(29)40-35(28)33)25-12-15-27(23(4)17-25)24-9-7-6-8-10-24/h6-18,20-21H,1-5H3/q+1/i1D3,2D3,4D3,21D. The van der Waals surface area contributed by atoms with E-state index in [1.807, 2.05) is 30.3 Å². The molecule has 0 N–H and O–H groups in total. The first-order chi connectivity index (χ1) is 23.3. The number of rotatable bonds is 4. The van der Waals surface area contributed by atoms with Gasteiger partial charge in [-0.2, -0.15) is 9.83 Å². The highest BCUT2D eigenvalue weighted by atomic mass is 19.1. The number of halogens is 1. The highest BCUT2D eigenvalue weighted by Crippen LogP contribution is 2.43. The van der Waals surface area contributed by atoms with Crippen molar-refractivity contribution in [3.05, 3.63) is 113 Å². The Labute approximate surface area is 247 Å². The van der Waals surface area contributed by atoms with E-state index in [1.54, 1.807) is 43.3 Å². The molecule has 6 aromatic rings. The van der Waals surface area contributed by atoms with E-state index < -0.39 is 37.8 Å². The van der Waals surface area contributed by atoms with Crippen molar-refractivity contribution >= 4 is 21.9 Å². The van der Waals surface area contributed by atoms with Crippen LogP contribution in [0.15, 0.2) is 89.5 Å². The molecule has 4 aromatic carbocycles. The van der Waals surface area contributed by atoms with E-state index in [0.717, 1.165) is 12.3 Å². The summed E-state index contributed by atoms with van der Waals surface area (Å²) in [6.07, 6.45) is 0.941. The van der Waals surface area contributed by atoms with Gasteiger partial charge in [-0.05, 0) is 59.6 Å². The third kappa shape index (κ3) is 4.06. The molecule has 196 valence electrons. The van der Waals surface area contributed by atoms with Crippen LogP contribution in [0, 0.1) is 30.9 Å². The summed E-state index contributed by atoms with van der Waals surface area (Å²) in [6.45, 7) is -7.57. The lowest BCUT2D eigenvalue weighted by Gasteiger charge is -2.11. The number of nitrogens with zero attached hydrogens (tertiary/aromatic N) is 2. The lowest BCUT2D eigenvalue weighted by molar-refractivity contribution is -0.662. The minimum atomic E-state index is -3.41. The van der Waals surface area contributed by atoms with Gasteiger partial charge in [0.15, 0.2) is 5.82 Å². The smallest absolute Gasteiger partial charge is 0.216 e. The van der Waals surface area contributed by atoms with Crippen LogP contribution in [0.3, 0.4) is 0 Å². The molecule has 0 aliphatic carbocycles. The van der Waals surface area contributed by atoms with Crippen LogP contribution in [0.5, 0.6) is 0 Å². The van der Waals surface area contributed by atoms with Crippen molar-refractivity contribution in [2.24, 2.45) is 7.05 Å². The molecule has 2 aromatic heterocycles. The summed E-state index contributed by atoms with van der Waals surface area (Å²) < 4.78 is 105. The summed E-state index contributed by atoms with van der Waals surface area (Å²) in [5.74, 6) is -4.46. The maximum absolute atomic E-state index is 15.5. The van der Waals surface area contributed by atoms with E-state index in [0.29, 0.717) is 44.2 Å². The van der Waals surface area contributed by atoms with Crippen LogP contribution in [0.4, 0.5) is 4.39 Å². The predicted octanol–water partition coefficient (Wildman–Crippen LogP) is 9.16. The van der Waals surface area contributed by atoms with E-state index in [1.165, 1.54) is 17.7 Å². The fourth-order valence-corrected chi connectivity index (χ4v) is 5.33. The minimum absolute atomic E-state index is 0.0861. The first-order valence-corrected chi connectivity index (χ1v) is 12.6. The van der Waals surface area contributed by atoms with Gasteiger partial charge in [-0.1, -0.05) is 74.4 Å². The zero-order valence-electron chi connectivity index (χ0n) is 31.8. The predicted molar refractivity (Wildman–Crippen MR) is 159 cm³/mol. The summed E-state index contributed by atoms with van der Waals surface area (Å²) in [5.41, 5.74) is 3.25. The van der Waals surface area contributed by atoms with E-state index in [2.05, 4.69) is 6.07 Å². The quantitative estimate of drug-likeness (QED) is 0.211. The van der Waals surface area contributed by atoms with E-state index in [4.69, 9.17) is 18.1 Å². The normalized spacial score (nSPS) is 16.4. The number of pyridine rings is 1. The fraction of sp³-hybridized carbons (Fsp3) is 0.167. The van der Waals surface area contributed by atoms with Crippen molar-refractivity contribution in [1.82, 2.24) is 0 Å². The molecule has 0 amide bonds. The minimum Gasteiger partial charge on any atom is -0.454 e. The van der Waals surface area contributed by atoms with Gasteiger partial charge in [0.25, 0.3) is 0 Å². The molecule has 3 nitrogen and oxygen atoms in total. The lowest BCUT2D eigenvalue weighted by Crippen LogP contribution is -2.32. The average molecular weight is 536 g/mol. The third-order valence-electron chi connectivity index (χ3n) is 7.28. The lowest BCUT2D eigenvalue weighted by atomic mass is 9.92. The number of benzene rings is 4. The number of furan rings is 1. The van der Waals surface area contributed by atoms with Crippen molar-refractivity contribution in [2.45, 2.75) is 33.4 Å².